The Morgan fingerprint density at radius 1 is 1.33 bits per heavy atom. The quantitative estimate of drug-likeness (QED) is 0.822. The van der Waals surface area contributed by atoms with Gasteiger partial charge in [0, 0.05) is 39.3 Å². The first-order chi connectivity index (χ1) is 8.65. The number of nitrogen functional groups attached to an aromatic ring is 1. The van der Waals surface area contributed by atoms with Crippen molar-refractivity contribution in [2.24, 2.45) is 0 Å². The van der Waals surface area contributed by atoms with Gasteiger partial charge in [0.1, 0.15) is 0 Å². The maximum atomic E-state index is 11.3. The molecule has 1 aromatic heterocycles. The number of aromatic nitrogens is 2. The summed E-state index contributed by atoms with van der Waals surface area (Å²) < 4.78 is 1.86. The van der Waals surface area contributed by atoms with E-state index in [1.54, 1.807) is 13.1 Å². The number of carbonyl (C=O) groups excluding carboxylic acids is 1. The largest absolute Gasteiger partial charge is 0.396 e. The molecule has 1 fully saturated rings. The van der Waals surface area contributed by atoms with E-state index >= 15 is 0 Å². The van der Waals surface area contributed by atoms with Gasteiger partial charge in [-0.3, -0.25) is 14.4 Å². The van der Waals surface area contributed by atoms with Crippen LogP contribution in [-0.2, 0) is 11.3 Å². The highest BCUT2D eigenvalue weighted by atomic mass is 16.2. The molecule has 0 unspecified atom stereocenters. The summed E-state index contributed by atoms with van der Waals surface area (Å²) in [7, 11) is 0. The third-order valence-electron chi connectivity index (χ3n) is 3.33. The van der Waals surface area contributed by atoms with E-state index in [0.717, 1.165) is 45.7 Å². The van der Waals surface area contributed by atoms with Crippen LogP contribution in [0.15, 0.2) is 12.4 Å². The van der Waals surface area contributed by atoms with Crippen LogP contribution in [0.3, 0.4) is 0 Å². The standard InChI is InChI=1S/C12H21N5O/c1-11(18)16-4-2-3-15(5-7-16)6-8-17-10-12(13)9-14-17/h9-10H,2-8,13H2,1H3. The normalized spacial score (nSPS) is 17.7. The molecular weight excluding hydrogens is 230 g/mol. The van der Waals surface area contributed by atoms with Crippen LogP contribution < -0.4 is 5.73 Å². The Morgan fingerprint density at radius 3 is 2.83 bits per heavy atom. The minimum atomic E-state index is 0.177. The molecule has 0 aromatic carbocycles. The number of carbonyl (C=O) groups is 1. The van der Waals surface area contributed by atoms with Crippen molar-refractivity contribution in [3.63, 3.8) is 0 Å². The molecule has 1 aromatic rings. The van der Waals surface area contributed by atoms with Crippen LogP contribution in [0.1, 0.15) is 13.3 Å². The number of anilines is 1. The van der Waals surface area contributed by atoms with Crippen molar-refractivity contribution in [1.29, 1.82) is 0 Å². The van der Waals surface area contributed by atoms with Crippen molar-refractivity contribution in [3.05, 3.63) is 12.4 Å². The van der Waals surface area contributed by atoms with E-state index in [2.05, 4.69) is 10.00 Å². The van der Waals surface area contributed by atoms with Crippen molar-refractivity contribution >= 4 is 11.6 Å². The van der Waals surface area contributed by atoms with Crippen LogP contribution in [0.2, 0.25) is 0 Å². The van der Waals surface area contributed by atoms with Gasteiger partial charge in [-0.25, -0.2) is 0 Å². The molecule has 2 N–H and O–H groups in total. The Kier molecular flexibility index (Phi) is 4.19. The van der Waals surface area contributed by atoms with E-state index in [9.17, 15) is 4.79 Å². The molecule has 18 heavy (non-hydrogen) atoms. The van der Waals surface area contributed by atoms with Gasteiger partial charge in [-0.1, -0.05) is 0 Å². The minimum absolute atomic E-state index is 0.177. The SMILES string of the molecule is CC(=O)N1CCCN(CCn2cc(N)cn2)CC1. The second-order valence-corrected chi connectivity index (χ2v) is 4.74. The molecule has 1 amide bonds. The van der Waals surface area contributed by atoms with Crippen molar-refractivity contribution in [2.75, 3.05) is 38.5 Å². The van der Waals surface area contributed by atoms with E-state index in [1.807, 2.05) is 15.8 Å². The molecule has 6 nitrogen and oxygen atoms in total. The minimum Gasteiger partial charge on any atom is -0.396 e. The summed E-state index contributed by atoms with van der Waals surface area (Å²) in [6, 6.07) is 0. The highest BCUT2D eigenvalue weighted by Crippen LogP contribution is 2.04. The first-order valence-electron chi connectivity index (χ1n) is 6.41. The predicted octanol–water partition coefficient (Wildman–Crippen LogP) is 0.0195. The molecule has 0 atom stereocenters. The smallest absolute Gasteiger partial charge is 0.219 e. The van der Waals surface area contributed by atoms with Crippen LogP contribution in [0.5, 0.6) is 0 Å². The van der Waals surface area contributed by atoms with E-state index in [4.69, 9.17) is 5.73 Å². The van der Waals surface area contributed by atoms with Crippen molar-refractivity contribution < 1.29 is 4.79 Å². The van der Waals surface area contributed by atoms with Gasteiger partial charge < -0.3 is 10.6 Å². The summed E-state index contributed by atoms with van der Waals surface area (Å²) in [5, 5.41) is 4.17. The second kappa shape index (κ2) is 5.86. The Hall–Kier alpha value is -1.56. The highest BCUT2D eigenvalue weighted by Gasteiger charge is 2.16. The lowest BCUT2D eigenvalue weighted by molar-refractivity contribution is -0.128. The number of hydrogen-bond donors (Lipinski definition) is 1. The van der Waals surface area contributed by atoms with Crippen LogP contribution in [0, 0.1) is 0 Å². The molecular formula is C12H21N5O. The highest BCUT2D eigenvalue weighted by molar-refractivity contribution is 5.73. The Balaban J connectivity index is 1.78. The fourth-order valence-corrected chi connectivity index (χ4v) is 2.26. The topological polar surface area (TPSA) is 67.4 Å². The lowest BCUT2D eigenvalue weighted by Crippen LogP contribution is -2.34. The predicted molar refractivity (Wildman–Crippen MR) is 70.0 cm³/mol. The fourth-order valence-electron chi connectivity index (χ4n) is 2.26. The number of rotatable bonds is 3. The molecule has 100 valence electrons. The Labute approximate surface area is 107 Å². The number of nitrogens with two attached hydrogens (primary N) is 1. The monoisotopic (exact) mass is 251 g/mol. The van der Waals surface area contributed by atoms with Gasteiger partial charge in [0.15, 0.2) is 0 Å². The third-order valence-corrected chi connectivity index (χ3v) is 3.33. The fraction of sp³-hybridized carbons (Fsp3) is 0.667. The maximum absolute atomic E-state index is 11.3. The molecule has 1 aliphatic rings. The summed E-state index contributed by atoms with van der Waals surface area (Å²) in [5.41, 5.74) is 6.33. The number of nitrogens with zero attached hydrogens (tertiary/aromatic N) is 4. The molecule has 1 aliphatic heterocycles. The number of amides is 1. The van der Waals surface area contributed by atoms with E-state index in [-0.39, 0.29) is 5.91 Å². The van der Waals surface area contributed by atoms with E-state index in [0.29, 0.717) is 5.69 Å². The zero-order chi connectivity index (χ0) is 13.0. The van der Waals surface area contributed by atoms with Crippen LogP contribution in [0.4, 0.5) is 5.69 Å². The average molecular weight is 251 g/mol. The summed E-state index contributed by atoms with van der Waals surface area (Å²) >= 11 is 0. The molecule has 0 aliphatic carbocycles. The molecule has 6 heteroatoms. The summed E-state index contributed by atoms with van der Waals surface area (Å²) in [5.74, 6) is 0.177. The summed E-state index contributed by atoms with van der Waals surface area (Å²) in [6.45, 7) is 7.13. The zero-order valence-corrected chi connectivity index (χ0v) is 10.9. The lowest BCUT2D eigenvalue weighted by atomic mass is 10.4. The van der Waals surface area contributed by atoms with Gasteiger partial charge in [0.25, 0.3) is 0 Å². The zero-order valence-electron chi connectivity index (χ0n) is 10.9. The maximum Gasteiger partial charge on any atom is 0.219 e. The summed E-state index contributed by atoms with van der Waals surface area (Å²) in [6.07, 6.45) is 4.56. The van der Waals surface area contributed by atoms with Gasteiger partial charge in [0.05, 0.1) is 18.4 Å². The second-order valence-electron chi connectivity index (χ2n) is 4.74. The van der Waals surface area contributed by atoms with Crippen LogP contribution >= 0.6 is 0 Å². The Morgan fingerprint density at radius 2 is 2.17 bits per heavy atom. The number of hydrogen-bond acceptors (Lipinski definition) is 4. The van der Waals surface area contributed by atoms with E-state index < -0.39 is 0 Å². The molecule has 0 saturated carbocycles. The van der Waals surface area contributed by atoms with Gasteiger partial charge in [-0.15, -0.1) is 0 Å². The average Bonchev–Trinajstić information content (AvgIpc) is 2.62. The first kappa shape index (κ1) is 12.9. The van der Waals surface area contributed by atoms with Crippen molar-refractivity contribution in [3.8, 4) is 0 Å². The summed E-state index contributed by atoms with van der Waals surface area (Å²) in [4.78, 5) is 15.6. The molecule has 0 bridgehead atoms. The molecule has 2 heterocycles. The van der Waals surface area contributed by atoms with Gasteiger partial charge in [0.2, 0.25) is 5.91 Å². The molecule has 0 radical (unpaired) electrons. The van der Waals surface area contributed by atoms with Crippen LogP contribution in [-0.4, -0.2) is 58.2 Å². The van der Waals surface area contributed by atoms with Crippen LogP contribution in [0.25, 0.3) is 0 Å². The molecule has 2 rings (SSSR count). The van der Waals surface area contributed by atoms with Gasteiger partial charge in [-0.05, 0) is 13.0 Å². The Bertz CT molecular complexity index is 403. The van der Waals surface area contributed by atoms with Gasteiger partial charge in [-0.2, -0.15) is 5.10 Å². The lowest BCUT2D eigenvalue weighted by Gasteiger charge is -2.20. The first-order valence-corrected chi connectivity index (χ1v) is 6.41. The van der Waals surface area contributed by atoms with Gasteiger partial charge >= 0.3 is 0 Å². The van der Waals surface area contributed by atoms with Crippen molar-refractivity contribution in [2.45, 2.75) is 19.9 Å². The molecule has 1 saturated heterocycles. The third kappa shape index (κ3) is 3.46. The molecule has 0 spiro atoms. The van der Waals surface area contributed by atoms with Crippen molar-refractivity contribution in [1.82, 2.24) is 19.6 Å². The van der Waals surface area contributed by atoms with E-state index in [1.165, 1.54) is 0 Å².